The third-order valence-electron chi connectivity index (χ3n) is 5.58. The molecule has 0 saturated carbocycles. The Labute approximate surface area is 174 Å². The van der Waals surface area contributed by atoms with Crippen LogP contribution in [0.15, 0.2) is 46.9 Å². The number of hydrogen-bond donors (Lipinski definition) is 2. The van der Waals surface area contributed by atoms with Gasteiger partial charge in [0.25, 0.3) is 0 Å². The minimum absolute atomic E-state index is 0.0211. The molecule has 1 aliphatic carbocycles. The molecule has 0 spiro atoms. The number of Topliss-reactive ketones (excluding diaryl/α,β-unsaturated/α-hetero) is 2. The average molecular weight is 399 g/mol. The van der Waals surface area contributed by atoms with E-state index in [0.717, 1.165) is 30.4 Å². The van der Waals surface area contributed by atoms with Crippen molar-refractivity contribution >= 4 is 11.6 Å². The van der Waals surface area contributed by atoms with Crippen LogP contribution in [0.5, 0.6) is 0 Å². The molecule has 1 aromatic rings. The Balaban J connectivity index is 1.86. The van der Waals surface area contributed by atoms with Crippen LogP contribution in [0.4, 0.5) is 0 Å². The van der Waals surface area contributed by atoms with E-state index in [1.54, 1.807) is 0 Å². The number of aliphatic hydroxyl groups excluding tert-OH is 2. The molecular weight excluding hydrogens is 364 g/mol. The summed E-state index contributed by atoms with van der Waals surface area (Å²) in [6, 6.07) is 7.53. The van der Waals surface area contributed by atoms with E-state index in [-0.39, 0.29) is 17.6 Å². The smallest absolute Gasteiger partial charge is 0.227 e. The van der Waals surface area contributed by atoms with Gasteiger partial charge in [-0.15, -0.1) is 0 Å². The van der Waals surface area contributed by atoms with Gasteiger partial charge in [-0.25, -0.2) is 0 Å². The van der Waals surface area contributed by atoms with Crippen LogP contribution in [0.25, 0.3) is 0 Å². The molecule has 1 aliphatic rings. The van der Waals surface area contributed by atoms with Gasteiger partial charge in [0.15, 0.2) is 11.5 Å². The summed E-state index contributed by atoms with van der Waals surface area (Å²) in [5.74, 6) is -2.24. The highest BCUT2D eigenvalue weighted by atomic mass is 16.3. The molecule has 0 aromatic heterocycles. The van der Waals surface area contributed by atoms with E-state index in [2.05, 4.69) is 6.92 Å². The lowest BCUT2D eigenvalue weighted by molar-refractivity contribution is -0.120. The van der Waals surface area contributed by atoms with Crippen molar-refractivity contribution in [1.29, 1.82) is 0 Å². The molecule has 0 unspecified atom stereocenters. The molecule has 0 aliphatic heterocycles. The van der Waals surface area contributed by atoms with Gasteiger partial charge >= 0.3 is 0 Å². The zero-order valence-corrected chi connectivity index (χ0v) is 17.8. The van der Waals surface area contributed by atoms with Gasteiger partial charge in [-0.05, 0) is 25.3 Å². The maximum atomic E-state index is 12.5. The Morgan fingerprint density at radius 1 is 0.690 bits per heavy atom. The second kappa shape index (κ2) is 11.6. The number of rotatable bonds is 12. The third-order valence-corrected chi connectivity index (χ3v) is 5.58. The van der Waals surface area contributed by atoms with Gasteiger partial charge in [0.05, 0.1) is 5.57 Å². The zero-order chi connectivity index (χ0) is 21.2. The molecule has 0 heterocycles. The first-order valence-corrected chi connectivity index (χ1v) is 10.9. The quantitative estimate of drug-likeness (QED) is 0.323. The molecular formula is C25H34O4. The monoisotopic (exact) mass is 398 g/mol. The van der Waals surface area contributed by atoms with Crippen molar-refractivity contribution in [3.8, 4) is 0 Å². The number of ketones is 2. The summed E-state index contributed by atoms with van der Waals surface area (Å²) in [4.78, 5) is 25.1. The van der Waals surface area contributed by atoms with Crippen LogP contribution in [0, 0.1) is 6.92 Å². The Kier molecular flexibility index (Phi) is 9.17. The Hall–Kier alpha value is -2.36. The van der Waals surface area contributed by atoms with Gasteiger partial charge in [-0.3, -0.25) is 9.59 Å². The summed E-state index contributed by atoms with van der Waals surface area (Å²) in [6.07, 6.45) is 10.7. The van der Waals surface area contributed by atoms with Crippen LogP contribution < -0.4 is 0 Å². The second-order valence-electron chi connectivity index (χ2n) is 8.05. The third kappa shape index (κ3) is 6.59. The Morgan fingerprint density at radius 2 is 1.17 bits per heavy atom. The van der Waals surface area contributed by atoms with E-state index in [1.165, 1.54) is 38.5 Å². The predicted molar refractivity (Wildman–Crippen MR) is 116 cm³/mol. The van der Waals surface area contributed by atoms with Gasteiger partial charge in [-0.1, -0.05) is 88.1 Å². The highest BCUT2D eigenvalue weighted by Crippen LogP contribution is 2.28. The largest absolute Gasteiger partial charge is 0.504 e. The maximum absolute atomic E-state index is 12.5. The number of aryl methyl sites for hydroxylation is 1. The minimum atomic E-state index is -0.631. The van der Waals surface area contributed by atoms with Gasteiger partial charge in [-0.2, -0.15) is 0 Å². The van der Waals surface area contributed by atoms with Crippen molar-refractivity contribution in [2.45, 2.75) is 84.5 Å². The first-order chi connectivity index (χ1) is 14.0. The fraction of sp³-hybridized carbons (Fsp3) is 0.520. The lowest BCUT2D eigenvalue weighted by atomic mass is 9.87. The average Bonchev–Trinajstić information content (AvgIpc) is 2.72. The lowest BCUT2D eigenvalue weighted by Crippen LogP contribution is -2.25. The fourth-order valence-corrected chi connectivity index (χ4v) is 3.69. The number of aliphatic hydroxyl groups is 2. The lowest BCUT2D eigenvalue weighted by Gasteiger charge is -2.18. The second-order valence-corrected chi connectivity index (χ2v) is 8.05. The number of hydrogen-bond acceptors (Lipinski definition) is 4. The van der Waals surface area contributed by atoms with Gasteiger partial charge in [0, 0.05) is 12.0 Å². The highest BCUT2D eigenvalue weighted by Gasteiger charge is 2.34. The topological polar surface area (TPSA) is 74.6 Å². The Morgan fingerprint density at radius 3 is 1.76 bits per heavy atom. The standard InChI is InChI=1S/C25H34O4/c1-3-4-5-6-7-8-9-10-11-12-20-22(26)24(28)21(25(29)23(20)27)17-19-15-13-18(2)14-16-19/h13-16,26,29H,3-12,17H2,1-2H3. The van der Waals surface area contributed by atoms with Crippen LogP contribution in [0.2, 0.25) is 0 Å². The first kappa shape index (κ1) is 22.9. The van der Waals surface area contributed by atoms with Crippen LogP contribution >= 0.6 is 0 Å². The zero-order valence-electron chi connectivity index (χ0n) is 17.8. The van der Waals surface area contributed by atoms with Crippen molar-refractivity contribution in [3.63, 3.8) is 0 Å². The van der Waals surface area contributed by atoms with Gasteiger partial charge < -0.3 is 10.2 Å². The van der Waals surface area contributed by atoms with Crippen LogP contribution in [-0.2, 0) is 16.0 Å². The maximum Gasteiger partial charge on any atom is 0.227 e. The molecule has 0 saturated heterocycles. The number of unbranched alkanes of at least 4 members (excludes halogenated alkanes) is 8. The predicted octanol–water partition coefficient (Wildman–Crippen LogP) is 6.23. The summed E-state index contributed by atoms with van der Waals surface area (Å²) in [6.45, 7) is 4.17. The summed E-state index contributed by atoms with van der Waals surface area (Å²) < 4.78 is 0. The van der Waals surface area contributed by atoms with E-state index in [1.807, 2.05) is 31.2 Å². The van der Waals surface area contributed by atoms with Gasteiger partial charge in [0.1, 0.15) is 0 Å². The van der Waals surface area contributed by atoms with Crippen molar-refractivity contribution < 1.29 is 19.8 Å². The van der Waals surface area contributed by atoms with E-state index in [9.17, 15) is 19.8 Å². The van der Waals surface area contributed by atoms with Gasteiger partial charge in [0.2, 0.25) is 11.6 Å². The molecule has 4 nitrogen and oxygen atoms in total. The number of carbonyl (C=O) groups is 2. The normalized spacial score (nSPS) is 14.8. The van der Waals surface area contributed by atoms with Crippen molar-refractivity contribution in [2.75, 3.05) is 0 Å². The molecule has 0 bridgehead atoms. The van der Waals surface area contributed by atoms with E-state index in [0.29, 0.717) is 6.42 Å². The molecule has 29 heavy (non-hydrogen) atoms. The van der Waals surface area contributed by atoms with Crippen molar-refractivity contribution in [2.24, 2.45) is 0 Å². The molecule has 2 N–H and O–H groups in total. The minimum Gasteiger partial charge on any atom is -0.504 e. The van der Waals surface area contributed by atoms with Crippen LogP contribution in [-0.4, -0.2) is 21.8 Å². The molecule has 0 radical (unpaired) electrons. The molecule has 2 rings (SSSR count). The fourth-order valence-electron chi connectivity index (χ4n) is 3.69. The molecule has 1 aromatic carbocycles. The Bertz CT molecular complexity index is 769. The molecule has 0 fully saturated rings. The van der Waals surface area contributed by atoms with Crippen LogP contribution in [0.1, 0.15) is 82.3 Å². The summed E-state index contributed by atoms with van der Waals surface area (Å²) >= 11 is 0. The van der Waals surface area contributed by atoms with E-state index >= 15 is 0 Å². The highest BCUT2D eigenvalue weighted by molar-refractivity contribution is 6.23. The molecule has 158 valence electrons. The molecule has 0 atom stereocenters. The first-order valence-electron chi connectivity index (χ1n) is 10.9. The summed E-state index contributed by atoms with van der Waals surface area (Å²) in [5.41, 5.74) is 1.94. The van der Waals surface area contributed by atoms with E-state index in [4.69, 9.17) is 0 Å². The van der Waals surface area contributed by atoms with Crippen LogP contribution in [0.3, 0.4) is 0 Å². The van der Waals surface area contributed by atoms with Crippen molar-refractivity contribution in [3.05, 3.63) is 58.1 Å². The summed E-state index contributed by atoms with van der Waals surface area (Å²) in [5, 5.41) is 20.6. The SMILES string of the molecule is CCCCCCCCCCCC1=C(O)C(=O)C(Cc2ccc(C)cc2)=C(O)C1=O. The molecule has 4 heteroatoms. The van der Waals surface area contributed by atoms with Crippen molar-refractivity contribution in [1.82, 2.24) is 0 Å². The summed E-state index contributed by atoms with van der Waals surface area (Å²) in [7, 11) is 0. The van der Waals surface area contributed by atoms with E-state index < -0.39 is 23.1 Å². The number of carbonyl (C=O) groups excluding carboxylic acids is 2. The molecule has 0 amide bonds. The number of benzene rings is 1. The number of allylic oxidation sites excluding steroid dienone is 2.